The van der Waals surface area contributed by atoms with E-state index in [1.54, 1.807) is 11.8 Å². The highest BCUT2D eigenvalue weighted by Gasteiger charge is 2.20. The van der Waals surface area contributed by atoms with E-state index in [1.165, 1.54) is 5.56 Å². The third kappa shape index (κ3) is 3.81. The predicted molar refractivity (Wildman–Crippen MR) is 101 cm³/mol. The van der Waals surface area contributed by atoms with E-state index in [9.17, 15) is 4.79 Å². The molecule has 1 heterocycles. The van der Waals surface area contributed by atoms with E-state index in [2.05, 4.69) is 29.5 Å². The summed E-state index contributed by atoms with van der Waals surface area (Å²) in [6.45, 7) is 4.50. The van der Waals surface area contributed by atoms with Crippen LogP contribution in [0.15, 0.2) is 54.6 Å². The monoisotopic (exact) mass is 350 g/mol. The van der Waals surface area contributed by atoms with Crippen LogP contribution in [0.5, 0.6) is 0 Å². The average Bonchev–Trinajstić information content (AvgIpc) is 3.07. The van der Waals surface area contributed by atoms with E-state index in [-0.39, 0.29) is 18.2 Å². The first-order chi connectivity index (χ1) is 12.6. The minimum atomic E-state index is -0.309. The van der Waals surface area contributed by atoms with Crippen LogP contribution in [0.3, 0.4) is 0 Å². The van der Waals surface area contributed by atoms with E-state index in [0.717, 1.165) is 11.4 Å². The number of methoxy groups -OCH3 is 1. The van der Waals surface area contributed by atoms with E-state index in [0.29, 0.717) is 11.6 Å². The summed E-state index contributed by atoms with van der Waals surface area (Å²) < 4.78 is 6.88. The van der Waals surface area contributed by atoms with Crippen molar-refractivity contribution in [2.75, 3.05) is 12.4 Å². The molecule has 0 atom stereocenters. The summed E-state index contributed by atoms with van der Waals surface area (Å²) in [6.07, 6.45) is 0. The standard InChI is InChI=1S/C20H22N4O2/c1-14(2)15-9-11-16(12-10-15)21-20(25)19-18(13-26-3)24(23-22-19)17-7-5-4-6-8-17/h4-12,14H,13H2,1-3H3,(H,21,25). The molecule has 134 valence electrons. The minimum absolute atomic E-state index is 0.233. The first kappa shape index (κ1) is 17.8. The third-order valence-electron chi connectivity index (χ3n) is 4.10. The highest BCUT2D eigenvalue weighted by molar-refractivity contribution is 6.03. The van der Waals surface area contributed by atoms with Crippen molar-refractivity contribution < 1.29 is 9.53 Å². The molecule has 0 bridgehead atoms. The van der Waals surface area contributed by atoms with Crippen LogP contribution in [0.4, 0.5) is 5.69 Å². The Labute approximate surface area is 152 Å². The average molecular weight is 350 g/mol. The van der Waals surface area contributed by atoms with Gasteiger partial charge in [-0.3, -0.25) is 4.79 Å². The maximum Gasteiger partial charge on any atom is 0.278 e. The molecule has 1 amide bonds. The Morgan fingerprint density at radius 3 is 2.42 bits per heavy atom. The van der Waals surface area contributed by atoms with Crippen molar-refractivity contribution in [2.45, 2.75) is 26.4 Å². The molecule has 0 aliphatic rings. The summed E-state index contributed by atoms with van der Waals surface area (Å²) in [5.74, 6) is 0.135. The summed E-state index contributed by atoms with van der Waals surface area (Å²) in [5, 5.41) is 11.1. The first-order valence-electron chi connectivity index (χ1n) is 8.50. The van der Waals surface area contributed by atoms with Gasteiger partial charge in [-0.05, 0) is 35.7 Å². The number of nitrogens with one attached hydrogen (secondary N) is 1. The number of anilines is 1. The van der Waals surface area contributed by atoms with Crippen LogP contribution in [-0.4, -0.2) is 28.0 Å². The molecule has 6 nitrogen and oxygen atoms in total. The molecule has 0 radical (unpaired) electrons. The van der Waals surface area contributed by atoms with Crippen molar-refractivity contribution in [2.24, 2.45) is 0 Å². The lowest BCUT2D eigenvalue weighted by atomic mass is 10.0. The van der Waals surface area contributed by atoms with Crippen LogP contribution < -0.4 is 5.32 Å². The highest BCUT2D eigenvalue weighted by Crippen LogP contribution is 2.19. The Kier molecular flexibility index (Phi) is 5.43. The zero-order valence-corrected chi connectivity index (χ0v) is 15.1. The van der Waals surface area contributed by atoms with E-state index in [1.807, 2.05) is 54.6 Å². The fraction of sp³-hybridized carbons (Fsp3) is 0.250. The minimum Gasteiger partial charge on any atom is -0.378 e. The lowest BCUT2D eigenvalue weighted by Crippen LogP contribution is -2.16. The molecule has 0 saturated heterocycles. The van der Waals surface area contributed by atoms with Gasteiger partial charge in [0.1, 0.15) is 5.69 Å². The normalized spacial score (nSPS) is 10.9. The largest absolute Gasteiger partial charge is 0.378 e. The van der Waals surface area contributed by atoms with Gasteiger partial charge in [-0.1, -0.05) is 49.4 Å². The number of nitrogens with zero attached hydrogens (tertiary/aromatic N) is 3. The molecule has 0 aliphatic carbocycles. The molecule has 0 fully saturated rings. The molecule has 2 aromatic carbocycles. The van der Waals surface area contributed by atoms with Crippen molar-refractivity contribution in [3.8, 4) is 5.69 Å². The number of hydrogen-bond donors (Lipinski definition) is 1. The Hall–Kier alpha value is -2.99. The number of ether oxygens (including phenoxy) is 1. The number of rotatable bonds is 6. The summed E-state index contributed by atoms with van der Waals surface area (Å²) >= 11 is 0. The topological polar surface area (TPSA) is 69.0 Å². The number of hydrogen-bond acceptors (Lipinski definition) is 4. The van der Waals surface area contributed by atoms with Crippen LogP contribution in [0.2, 0.25) is 0 Å². The van der Waals surface area contributed by atoms with Crippen LogP contribution in [0.25, 0.3) is 5.69 Å². The van der Waals surface area contributed by atoms with Crippen LogP contribution in [0, 0.1) is 0 Å². The number of amides is 1. The molecule has 3 rings (SSSR count). The summed E-state index contributed by atoms with van der Waals surface area (Å²) in [5.41, 5.74) is 3.63. The molecule has 0 saturated carbocycles. The summed E-state index contributed by atoms with van der Waals surface area (Å²) in [7, 11) is 1.58. The molecular weight excluding hydrogens is 328 g/mol. The quantitative estimate of drug-likeness (QED) is 0.734. The number of benzene rings is 2. The molecule has 0 unspecified atom stereocenters. The van der Waals surface area contributed by atoms with Gasteiger partial charge in [0.15, 0.2) is 5.69 Å². The molecule has 26 heavy (non-hydrogen) atoms. The Bertz CT molecular complexity index is 871. The van der Waals surface area contributed by atoms with E-state index in [4.69, 9.17) is 4.74 Å². The second-order valence-electron chi connectivity index (χ2n) is 6.30. The van der Waals surface area contributed by atoms with Gasteiger partial charge >= 0.3 is 0 Å². The fourth-order valence-corrected chi connectivity index (χ4v) is 2.66. The van der Waals surface area contributed by atoms with Crippen LogP contribution in [-0.2, 0) is 11.3 Å². The van der Waals surface area contributed by atoms with Crippen LogP contribution in [0.1, 0.15) is 41.5 Å². The summed E-state index contributed by atoms with van der Waals surface area (Å²) in [4.78, 5) is 12.7. The first-order valence-corrected chi connectivity index (χ1v) is 8.50. The zero-order chi connectivity index (χ0) is 18.5. The smallest absolute Gasteiger partial charge is 0.278 e. The van der Waals surface area contributed by atoms with Gasteiger partial charge in [-0.25, -0.2) is 4.68 Å². The molecule has 1 aromatic heterocycles. The highest BCUT2D eigenvalue weighted by atomic mass is 16.5. The van der Waals surface area contributed by atoms with Gasteiger partial charge in [-0.15, -0.1) is 5.10 Å². The van der Waals surface area contributed by atoms with Gasteiger partial charge in [0.05, 0.1) is 12.3 Å². The lowest BCUT2D eigenvalue weighted by molar-refractivity contribution is 0.101. The second-order valence-corrected chi connectivity index (χ2v) is 6.30. The van der Waals surface area contributed by atoms with Crippen LogP contribution >= 0.6 is 0 Å². The maximum absolute atomic E-state index is 12.7. The van der Waals surface area contributed by atoms with Gasteiger partial charge in [0.25, 0.3) is 5.91 Å². The fourth-order valence-electron chi connectivity index (χ4n) is 2.66. The molecule has 1 N–H and O–H groups in total. The molecule has 0 spiro atoms. The van der Waals surface area contributed by atoms with Gasteiger partial charge < -0.3 is 10.1 Å². The van der Waals surface area contributed by atoms with Gasteiger partial charge in [-0.2, -0.15) is 0 Å². The van der Waals surface area contributed by atoms with Crippen molar-refractivity contribution in [1.82, 2.24) is 15.0 Å². The summed E-state index contributed by atoms with van der Waals surface area (Å²) in [6, 6.07) is 17.3. The van der Waals surface area contributed by atoms with Crippen molar-refractivity contribution in [3.63, 3.8) is 0 Å². The Morgan fingerprint density at radius 2 is 1.81 bits per heavy atom. The van der Waals surface area contributed by atoms with Crippen molar-refractivity contribution >= 4 is 11.6 Å². The number of carbonyl (C=O) groups excluding carboxylic acids is 1. The zero-order valence-electron chi connectivity index (χ0n) is 15.1. The van der Waals surface area contributed by atoms with Gasteiger partial charge in [0.2, 0.25) is 0 Å². The third-order valence-corrected chi connectivity index (χ3v) is 4.10. The second kappa shape index (κ2) is 7.93. The molecule has 0 aliphatic heterocycles. The number of para-hydroxylation sites is 1. The van der Waals surface area contributed by atoms with E-state index < -0.39 is 0 Å². The van der Waals surface area contributed by atoms with Crippen molar-refractivity contribution in [3.05, 3.63) is 71.5 Å². The lowest BCUT2D eigenvalue weighted by Gasteiger charge is -2.09. The predicted octanol–water partition coefficient (Wildman–Crippen LogP) is 3.79. The number of aromatic nitrogens is 3. The Balaban J connectivity index is 1.86. The molecule has 3 aromatic rings. The molecule has 6 heteroatoms. The number of carbonyl (C=O) groups is 1. The maximum atomic E-state index is 12.7. The van der Waals surface area contributed by atoms with Gasteiger partial charge in [0, 0.05) is 12.8 Å². The SMILES string of the molecule is COCc1c(C(=O)Nc2ccc(C(C)C)cc2)nnn1-c1ccccc1. The molecular formula is C20H22N4O2. The van der Waals surface area contributed by atoms with E-state index >= 15 is 0 Å². The van der Waals surface area contributed by atoms with Crippen molar-refractivity contribution in [1.29, 1.82) is 0 Å². The Morgan fingerprint density at radius 1 is 1.12 bits per heavy atom.